The Hall–Kier alpha value is -2.06. The Balaban J connectivity index is 2.53. The summed E-state index contributed by atoms with van der Waals surface area (Å²) in [5.74, 6) is -4.10. The smallest absolute Gasteiger partial charge is 0.396 e. The summed E-state index contributed by atoms with van der Waals surface area (Å²) in [5.41, 5.74) is 2.84. The molecule has 2 unspecified atom stereocenters. The molecule has 0 saturated carbocycles. The summed E-state index contributed by atoms with van der Waals surface area (Å²) in [6.07, 6.45) is -5.16. The fourth-order valence-corrected chi connectivity index (χ4v) is 2.74. The number of nitrogens with two attached hydrogens (primary N) is 1. The lowest BCUT2D eigenvalue weighted by Gasteiger charge is -2.29. The Morgan fingerprint density at radius 1 is 1.39 bits per heavy atom. The van der Waals surface area contributed by atoms with Crippen molar-refractivity contribution in [2.45, 2.75) is 25.6 Å². The lowest BCUT2D eigenvalue weighted by Crippen LogP contribution is -2.41. The number of halogens is 5. The Kier molecular flexibility index (Phi) is 4.16. The molecule has 1 aromatic rings. The van der Waals surface area contributed by atoms with E-state index in [2.05, 4.69) is 0 Å². The first-order valence-corrected chi connectivity index (χ1v) is 6.66. The van der Waals surface area contributed by atoms with Gasteiger partial charge in [-0.1, -0.05) is 0 Å². The molecule has 23 heavy (non-hydrogen) atoms. The van der Waals surface area contributed by atoms with Crippen LogP contribution in [-0.4, -0.2) is 31.8 Å². The van der Waals surface area contributed by atoms with Gasteiger partial charge in [0.15, 0.2) is 11.6 Å². The average molecular weight is 338 g/mol. The minimum Gasteiger partial charge on any atom is -0.491 e. The van der Waals surface area contributed by atoms with E-state index in [-0.39, 0.29) is 5.69 Å². The number of anilines is 1. The molecule has 1 heterocycles. The van der Waals surface area contributed by atoms with Gasteiger partial charge in [-0.25, -0.2) is 4.39 Å². The number of carbonyl (C=O) groups excluding carboxylic acids is 1. The minimum absolute atomic E-state index is 0.150. The van der Waals surface area contributed by atoms with E-state index in [4.69, 9.17) is 10.5 Å². The van der Waals surface area contributed by atoms with Crippen molar-refractivity contribution in [1.29, 1.82) is 0 Å². The average Bonchev–Trinajstić information content (AvgIpc) is 2.81. The van der Waals surface area contributed by atoms with Crippen molar-refractivity contribution < 1.29 is 31.5 Å². The number of alkyl halides is 3. The number of amides is 1. The molecule has 1 aliphatic heterocycles. The largest absolute Gasteiger partial charge is 0.491 e. The van der Waals surface area contributed by atoms with E-state index in [1.165, 1.54) is 0 Å². The zero-order valence-corrected chi connectivity index (χ0v) is 12.4. The molecule has 1 fully saturated rings. The van der Waals surface area contributed by atoms with Crippen LogP contribution < -0.4 is 15.4 Å². The van der Waals surface area contributed by atoms with Gasteiger partial charge in [0.05, 0.1) is 18.2 Å². The van der Waals surface area contributed by atoms with Crippen LogP contribution in [0.5, 0.6) is 5.75 Å². The SMILES string of the molecule is COc1c(N2CC(C)(C(F)(F)F)CC2C(N)=O)ccc(F)c1F. The molecule has 0 bridgehead atoms. The maximum Gasteiger partial charge on any atom is 0.396 e. The number of primary amides is 1. The second-order valence-corrected chi connectivity index (χ2v) is 5.72. The van der Waals surface area contributed by atoms with Gasteiger partial charge >= 0.3 is 6.18 Å². The second-order valence-electron chi connectivity index (χ2n) is 5.72. The van der Waals surface area contributed by atoms with Crippen LogP contribution in [0, 0.1) is 17.0 Å². The number of hydrogen-bond donors (Lipinski definition) is 1. The molecule has 1 amide bonds. The van der Waals surface area contributed by atoms with Crippen LogP contribution in [-0.2, 0) is 4.79 Å². The molecule has 2 rings (SSSR count). The number of benzene rings is 1. The van der Waals surface area contributed by atoms with Gasteiger partial charge < -0.3 is 15.4 Å². The summed E-state index contributed by atoms with van der Waals surface area (Å²) in [5, 5.41) is 0. The van der Waals surface area contributed by atoms with E-state index < -0.39 is 53.9 Å². The molecular weight excluding hydrogens is 323 g/mol. The molecule has 0 spiro atoms. The van der Waals surface area contributed by atoms with E-state index in [0.29, 0.717) is 0 Å². The predicted molar refractivity (Wildman–Crippen MR) is 72.0 cm³/mol. The minimum atomic E-state index is -4.58. The third-order valence-corrected chi connectivity index (χ3v) is 4.09. The number of hydrogen-bond acceptors (Lipinski definition) is 3. The maximum absolute atomic E-state index is 13.8. The molecule has 1 aromatic carbocycles. The maximum atomic E-state index is 13.8. The zero-order chi connectivity index (χ0) is 17.6. The van der Waals surface area contributed by atoms with Crippen LogP contribution in [0.1, 0.15) is 13.3 Å². The van der Waals surface area contributed by atoms with Gasteiger partial charge in [-0.3, -0.25) is 4.79 Å². The van der Waals surface area contributed by atoms with Gasteiger partial charge in [0.2, 0.25) is 11.7 Å². The molecule has 2 N–H and O–H groups in total. The summed E-state index contributed by atoms with van der Waals surface area (Å²) in [6, 6.07) is 0.518. The zero-order valence-electron chi connectivity index (χ0n) is 12.4. The Labute approximate surface area is 129 Å². The molecule has 1 saturated heterocycles. The van der Waals surface area contributed by atoms with E-state index in [0.717, 1.165) is 31.1 Å². The first kappa shape index (κ1) is 17.3. The van der Waals surface area contributed by atoms with E-state index in [1.807, 2.05) is 0 Å². The van der Waals surface area contributed by atoms with Gasteiger partial charge in [0, 0.05) is 6.54 Å². The van der Waals surface area contributed by atoms with Crippen LogP contribution in [0.3, 0.4) is 0 Å². The van der Waals surface area contributed by atoms with Gasteiger partial charge in [0.1, 0.15) is 6.04 Å². The van der Waals surface area contributed by atoms with Crippen molar-refractivity contribution in [3.05, 3.63) is 23.8 Å². The first-order valence-electron chi connectivity index (χ1n) is 6.66. The Morgan fingerprint density at radius 3 is 2.48 bits per heavy atom. The normalized spacial score (nSPS) is 24.8. The van der Waals surface area contributed by atoms with Gasteiger partial charge in [-0.2, -0.15) is 17.6 Å². The summed E-state index contributed by atoms with van der Waals surface area (Å²) in [4.78, 5) is 12.6. The van der Waals surface area contributed by atoms with Crippen molar-refractivity contribution in [3.63, 3.8) is 0 Å². The Morgan fingerprint density at radius 2 is 2.00 bits per heavy atom. The monoisotopic (exact) mass is 338 g/mol. The standard InChI is InChI=1S/C14H15F5N2O2/c1-13(14(17,18)19)5-9(12(20)22)21(6-13)8-4-3-7(15)10(16)11(8)23-2/h3-4,9H,5-6H2,1-2H3,(H2,20,22). The van der Waals surface area contributed by atoms with Crippen LogP contribution >= 0.6 is 0 Å². The van der Waals surface area contributed by atoms with E-state index >= 15 is 0 Å². The van der Waals surface area contributed by atoms with Crippen LogP contribution in [0.15, 0.2) is 12.1 Å². The number of carbonyl (C=O) groups is 1. The fourth-order valence-electron chi connectivity index (χ4n) is 2.74. The van der Waals surface area contributed by atoms with Crippen LogP contribution in [0.25, 0.3) is 0 Å². The summed E-state index contributed by atoms with van der Waals surface area (Å²) in [6.45, 7) is 0.334. The van der Waals surface area contributed by atoms with Crippen molar-refractivity contribution in [1.82, 2.24) is 0 Å². The van der Waals surface area contributed by atoms with Crippen LogP contribution in [0.2, 0.25) is 0 Å². The number of rotatable bonds is 3. The molecule has 4 nitrogen and oxygen atoms in total. The lowest BCUT2D eigenvalue weighted by molar-refractivity contribution is -0.210. The molecule has 1 aliphatic rings. The highest BCUT2D eigenvalue weighted by atomic mass is 19.4. The highest BCUT2D eigenvalue weighted by molar-refractivity contribution is 5.85. The quantitative estimate of drug-likeness (QED) is 0.862. The first-order chi connectivity index (χ1) is 10.5. The van der Waals surface area contributed by atoms with E-state index in [1.54, 1.807) is 0 Å². The molecule has 0 radical (unpaired) electrons. The molecule has 128 valence electrons. The molecule has 2 atom stereocenters. The second kappa shape index (κ2) is 5.54. The highest BCUT2D eigenvalue weighted by Gasteiger charge is 2.59. The summed E-state index contributed by atoms with van der Waals surface area (Å²) >= 11 is 0. The molecular formula is C14H15F5N2O2. The number of ether oxygens (including phenoxy) is 1. The topological polar surface area (TPSA) is 55.6 Å². The third kappa shape index (κ3) is 2.79. The van der Waals surface area contributed by atoms with Gasteiger partial charge in [-0.15, -0.1) is 0 Å². The molecule has 0 aromatic heterocycles. The number of methoxy groups -OCH3 is 1. The molecule has 9 heteroatoms. The van der Waals surface area contributed by atoms with Crippen molar-refractivity contribution in [2.75, 3.05) is 18.6 Å². The predicted octanol–water partition coefficient (Wildman–Crippen LogP) is 2.61. The highest BCUT2D eigenvalue weighted by Crippen LogP contribution is 2.50. The van der Waals surface area contributed by atoms with Crippen LogP contribution in [0.4, 0.5) is 27.6 Å². The summed E-state index contributed by atoms with van der Waals surface area (Å²) in [7, 11) is 1.06. The fraction of sp³-hybridized carbons (Fsp3) is 0.500. The van der Waals surface area contributed by atoms with E-state index in [9.17, 15) is 26.7 Å². The number of nitrogens with zero attached hydrogens (tertiary/aromatic N) is 1. The Bertz CT molecular complexity index is 634. The molecule has 0 aliphatic carbocycles. The van der Waals surface area contributed by atoms with Crippen molar-refractivity contribution in [2.24, 2.45) is 11.1 Å². The van der Waals surface area contributed by atoms with Crippen molar-refractivity contribution in [3.8, 4) is 5.75 Å². The van der Waals surface area contributed by atoms with Gasteiger partial charge in [-0.05, 0) is 25.5 Å². The van der Waals surface area contributed by atoms with Gasteiger partial charge in [0.25, 0.3) is 0 Å². The third-order valence-electron chi connectivity index (χ3n) is 4.09. The summed E-state index contributed by atoms with van der Waals surface area (Å²) < 4.78 is 71.6. The lowest BCUT2D eigenvalue weighted by atomic mass is 9.87. The van der Waals surface area contributed by atoms with Crippen molar-refractivity contribution >= 4 is 11.6 Å².